The molecule has 3 heteroatoms. The molecule has 1 N–H and O–H groups in total. The Morgan fingerprint density at radius 2 is 1.95 bits per heavy atom. The van der Waals surface area contributed by atoms with Crippen molar-refractivity contribution in [2.24, 2.45) is 0 Å². The normalized spacial score (nSPS) is 21.7. The summed E-state index contributed by atoms with van der Waals surface area (Å²) in [6.45, 7) is 3.08. The third-order valence-corrected chi connectivity index (χ3v) is 5.28. The van der Waals surface area contributed by atoms with E-state index in [1.54, 1.807) is 0 Å². The average Bonchev–Trinajstić information content (AvgIpc) is 2.95. The molecule has 0 spiro atoms. The summed E-state index contributed by atoms with van der Waals surface area (Å²) >= 11 is 0. The molecule has 1 heterocycles. The molecule has 1 fully saturated rings. The molecule has 1 aromatic rings. The maximum absolute atomic E-state index is 10.6. The van der Waals surface area contributed by atoms with Crippen LogP contribution in [0, 0.1) is 0 Å². The quantitative estimate of drug-likeness (QED) is 0.920. The second kappa shape index (κ2) is 6.47. The van der Waals surface area contributed by atoms with Crippen LogP contribution in [0.25, 0.3) is 0 Å². The van der Waals surface area contributed by atoms with Gasteiger partial charge < -0.3 is 14.9 Å². The van der Waals surface area contributed by atoms with Gasteiger partial charge in [0.2, 0.25) is 0 Å². The molecule has 1 aromatic carbocycles. The van der Waals surface area contributed by atoms with Gasteiger partial charge in [0.1, 0.15) is 0 Å². The molecule has 2 aliphatic rings. The van der Waals surface area contributed by atoms with Gasteiger partial charge >= 0.3 is 0 Å². The van der Waals surface area contributed by atoms with Gasteiger partial charge in [0.25, 0.3) is 0 Å². The lowest BCUT2D eigenvalue weighted by Gasteiger charge is -2.36. The average molecular weight is 288 g/mol. The van der Waals surface area contributed by atoms with Crippen molar-refractivity contribution in [2.75, 3.05) is 33.7 Å². The summed E-state index contributed by atoms with van der Waals surface area (Å²) < 4.78 is 0. The number of aryl methyl sites for hydroxylation is 2. The highest BCUT2D eigenvalue weighted by atomic mass is 16.3. The van der Waals surface area contributed by atoms with Gasteiger partial charge in [0, 0.05) is 12.6 Å². The Balaban J connectivity index is 1.59. The SMILES string of the molecule is CN1CCC(N(C)CC(O)c2ccc3c(c2)CCC3)CC1. The van der Waals surface area contributed by atoms with E-state index in [9.17, 15) is 5.11 Å². The fourth-order valence-electron chi connectivity index (χ4n) is 3.76. The number of likely N-dealkylation sites (tertiary alicyclic amines) is 1. The Morgan fingerprint density at radius 3 is 2.71 bits per heavy atom. The van der Waals surface area contributed by atoms with Gasteiger partial charge in [-0.3, -0.25) is 0 Å². The molecule has 1 atom stereocenters. The molecule has 21 heavy (non-hydrogen) atoms. The summed E-state index contributed by atoms with van der Waals surface area (Å²) in [6.07, 6.45) is 5.72. The molecule has 3 rings (SSSR count). The van der Waals surface area contributed by atoms with Crippen LogP contribution < -0.4 is 0 Å². The van der Waals surface area contributed by atoms with Crippen LogP contribution in [0.4, 0.5) is 0 Å². The number of rotatable bonds is 4. The summed E-state index contributed by atoms with van der Waals surface area (Å²) in [5, 5.41) is 10.6. The number of piperidine rings is 1. The first-order valence-electron chi connectivity index (χ1n) is 8.32. The molecule has 3 nitrogen and oxygen atoms in total. The maximum atomic E-state index is 10.6. The van der Waals surface area contributed by atoms with Gasteiger partial charge in [-0.05, 0) is 76.0 Å². The first-order valence-corrected chi connectivity index (χ1v) is 8.32. The Labute approximate surface area is 128 Å². The van der Waals surface area contributed by atoms with E-state index in [1.807, 2.05) is 0 Å². The van der Waals surface area contributed by atoms with Crippen molar-refractivity contribution in [1.29, 1.82) is 0 Å². The Bertz CT molecular complexity index is 480. The topological polar surface area (TPSA) is 26.7 Å². The standard InChI is InChI=1S/C18H28N2O/c1-19-10-8-17(9-11-19)20(2)13-18(21)16-7-6-14-4-3-5-15(14)12-16/h6-7,12,17-18,21H,3-5,8-11,13H2,1-2H3. The molecule has 0 bridgehead atoms. The van der Waals surface area contributed by atoms with Gasteiger partial charge in [-0.25, -0.2) is 0 Å². The highest BCUT2D eigenvalue weighted by molar-refractivity contribution is 5.36. The predicted octanol–water partition coefficient (Wildman–Crippen LogP) is 2.23. The smallest absolute Gasteiger partial charge is 0.0917 e. The number of aliphatic hydroxyl groups excluding tert-OH is 1. The van der Waals surface area contributed by atoms with E-state index in [2.05, 4.69) is 42.1 Å². The third kappa shape index (κ3) is 3.47. The molecule has 1 saturated heterocycles. The second-order valence-electron chi connectivity index (χ2n) is 6.87. The van der Waals surface area contributed by atoms with Gasteiger partial charge in [0.05, 0.1) is 6.10 Å². The van der Waals surface area contributed by atoms with E-state index in [4.69, 9.17) is 0 Å². The Kier molecular flexibility index (Phi) is 4.63. The maximum Gasteiger partial charge on any atom is 0.0917 e. The molecule has 0 aromatic heterocycles. The number of likely N-dealkylation sites (N-methyl/N-ethyl adjacent to an activating group) is 1. The molecule has 0 radical (unpaired) electrons. The number of hydrogen-bond donors (Lipinski definition) is 1. The van der Waals surface area contributed by atoms with Crippen molar-refractivity contribution in [3.8, 4) is 0 Å². The Morgan fingerprint density at radius 1 is 1.24 bits per heavy atom. The summed E-state index contributed by atoms with van der Waals surface area (Å²) in [5.74, 6) is 0. The van der Waals surface area contributed by atoms with Crippen LogP contribution in [0.15, 0.2) is 18.2 Å². The molecule has 1 unspecified atom stereocenters. The van der Waals surface area contributed by atoms with Gasteiger partial charge in [0.15, 0.2) is 0 Å². The number of aliphatic hydroxyl groups is 1. The van der Waals surface area contributed by atoms with Crippen LogP contribution in [-0.2, 0) is 12.8 Å². The van der Waals surface area contributed by atoms with Crippen LogP contribution in [0.1, 0.15) is 42.1 Å². The predicted molar refractivity (Wildman–Crippen MR) is 86.6 cm³/mol. The number of hydrogen-bond acceptors (Lipinski definition) is 3. The van der Waals surface area contributed by atoms with Gasteiger partial charge in [-0.2, -0.15) is 0 Å². The number of nitrogens with zero attached hydrogens (tertiary/aromatic N) is 2. The van der Waals surface area contributed by atoms with Crippen LogP contribution in [0.2, 0.25) is 0 Å². The van der Waals surface area contributed by atoms with Crippen molar-refractivity contribution in [1.82, 2.24) is 9.80 Å². The first-order chi connectivity index (χ1) is 10.1. The first kappa shape index (κ1) is 15.0. The van der Waals surface area contributed by atoms with Crippen molar-refractivity contribution < 1.29 is 5.11 Å². The molecular weight excluding hydrogens is 260 g/mol. The van der Waals surface area contributed by atoms with Crippen LogP contribution in [0.3, 0.4) is 0 Å². The summed E-state index contributed by atoms with van der Waals surface area (Å²) in [5.41, 5.74) is 4.03. The zero-order chi connectivity index (χ0) is 14.8. The van der Waals surface area contributed by atoms with E-state index in [0.717, 1.165) is 12.1 Å². The minimum absolute atomic E-state index is 0.361. The number of benzene rings is 1. The van der Waals surface area contributed by atoms with E-state index in [1.165, 1.54) is 56.3 Å². The zero-order valence-electron chi connectivity index (χ0n) is 13.4. The molecule has 1 aliphatic carbocycles. The van der Waals surface area contributed by atoms with Crippen molar-refractivity contribution in [3.05, 3.63) is 34.9 Å². The molecule has 116 valence electrons. The monoisotopic (exact) mass is 288 g/mol. The largest absolute Gasteiger partial charge is 0.387 e. The lowest BCUT2D eigenvalue weighted by Crippen LogP contribution is -2.43. The van der Waals surface area contributed by atoms with Crippen molar-refractivity contribution in [2.45, 2.75) is 44.2 Å². The van der Waals surface area contributed by atoms with E-state index < -0.39 is 0 Å². The molecule has 0 saturated carbocycles. The number of fused-ring (bicyclic) bond motifs is 1. The second-order valence-corrected chi connectivity index (χ2v) is 6.87. The van der Waals surface area contributed by atoms with Gasteiger partial charge in [-0.1, -0.05) is 18.2 Å². The molecular formula is C18H28N2O. The minimum Gasteiger partial charge on any atom is -0.387 e. The van der Waals surface area contributed by atoms with Gasteiger partial charge in [-0.15, -0.1) is 0 Å². The highest BCUT2D eigenvalue weighted by Gasteiger charge is 2.23. The fraction of sp³-hybridized carbons (Fsp3) is 0.667. The van der Waals surface area contributed by atoms with E-state index in [0.29, 0.717) is 6.04 Å². The minimum atomic E-state index is -0.361. The van der Waals surface area contributed by atoms with Crippen LogP contribution >= 0.6 is 0 Å². The van der Waals surface area contributed by atoms with E-state index in [-0.39, 0.29) is 6.10 Å². The molecule has 0 amide bonds. The highest BCUT2D eigenvalue weighted by Crippen LogP contribution is 2.26. The fourth-order valence-corrected chi connectivity index (χ4v) is 3.76. The summed E-state index contributed by atoms with van der Waals surface area (Å²) in [4.78, 5) is 4.74. The van der Waals surface area contributed by atoms with Crippen molar-refractivity contribution in [3.63, 3.8) is 0 Å². The Hall–Kier alpha value is -0.900. The summed E-state index contributed by atoms with van der Waals surface area (Å²) in [7, 11) is 4.35. The van der Waals surface area contributed by atoms with Crippen molar-refractivity contribution >= 4 is 0 Å². The third-order valence-electron chi connectivity index (χ3n) is 5.28. The van der Waals surface area contributed by atoms with Crippen LogP contribution in [0.5, 0.6) is 0 Å². The summed E-state index contributed by atoms with van der Waals surface area (Å²) in [6, 6.07) is 7.19. The lowest BCUT2D eigenvalue weighted by molar-refractivity contribution is 0.0788. The van der Waals surface area contributed by atoms with Crippen LogP contribution in [-0.4, -0.2) is 54.7 Å². The molecule has 1 aliphatic heterocycles. The zero-order valence-corrected chi connectivity index (χ0v) is 13.4. The lowest BCUT2D eigenvalue weighted by atomic mass is 10.0. The van der Waals surface area contributed by atoms with E-state index >= 15 is 0 Å².